The van der Waals surface area contributed by atoms with Crippen molar-refractivity contribution in [3.63, 3.8) is 0 Å². The van der Waals surface area contributed by atoms with E-state index < -0.39 is 5.97 Å². The molecule has 1 aliphatic rings. The maximum Gasteiger partial charge on any atom is 0.344 e. The molecule has 1 heterocycles. The molecule has 0 N–H and O–H groups in total. The summed E-state index contributed by atoms with van der Waals surface area (Å²) in [5.74, 6) is 1.13. The van der Waals surface area contributed by atoms with Crippen LogP contribution in [0.15, 0.2) is 48.2 Å². The van der Waals surface area contributed by atoms with Crippen molar-refractivity contribution in [2.24, 2.45) is 0 Å². The average Bonchev–Trinajstić information content (AvgIpc) is 2.95. The Morgan fingerprint density at radius 2 is 1.81 bits per heavy atom. The van der Waals surface area contributed by atoms with Gasteiger partial charge in [-0.25, -0.2) is 4.79 Å². The van der Waals surface area contributed by atoms with Gasteiger partial charge < -0.3 is 18.9 Å². The van der Waals surface area contributed by atoms with Gasteiger partial charge in [-0.2, -0.15) is 0 Å². The number of esters is 1. The summed E-state index contributed by atoms with van der Waals surface area (Å²) in [6.45, 7) is 3.33. The van der Waals surface area contributed by atoms with Crippen molar-refractivity contribution in [1.29, 1.82) is 0 Å². The number of Topliss-reactive ketones (excluding diaryl/α,β-unsaturated/α-hetero) is 1. The van der Waals surface area contributed by atoms with Crippen molar-refractivity contribution in [3.8, 4) is 17.2 Å². The lowest BCUT2D eigenvalue weighted by atomic mass is 10.1. The summed E-state index contributed by atoms with van der Waals surface area (Å²) in [5, 5.41) is 0. The van der Waals surface area contributed by atoms with E-state index in [2.05, 4.69) is 0 Å². The molecule has 0 saturated heterocycles. The SMILES string of the molecule is COc1ccc(/C=C2\Oc3cc(OCC(=O)OC(C)C)ccc3C2=O)cc1. The topological polar surface area (TPSA) is 71.1 Å². The molecule has 140 valence electrons. The fourth-order valence-electron chi connectivity index (χ4n) is 2.55. The van der Waals surface area contributed by atoms with Gasteiger partial charge in [-0.3, -0.25) is 4.79 Å². The quantitative estimate of drug-likeness (QED) is 0.573. The fraction of sp³-hybridized carbons (Fsp3) is 0.238. The minimum Gasteiger partial charge on any atom is -0.497 e. The molecule has 2 aromatic rings. The van der Waals surface area contributed by atoms with Gasteiger partial charge in [0, 0.05) is 6.07 Å². The lowest BCUT2D eigenvalue weighted by Gasteiger charge is -2.09. The molecule has 0 fully saturated rings. The lowest BCUT2D eigenvalue weighted by Crippen LogP contribution is -2.18. The zero-order valence-electron chi connectivity index (χ0n) is 15.4. The van der Waals surface area contributed by atoms with E-state index in [1.54, 1.807) is 57.4 Å². The van der Waals surface area contributed by atoms with E-state index >= 15 is 0 Å². The molecule has 0 spiro atoms. The van der Waals surface area contributed by atoms with Crippen LogP contribution in [0.1, 0.15) is 29.8 Å². The summed E-state index contributed by atoms with van der Waals surface area (Å²) in [6, 6.07) is 12.1. The summed E-state index contributed by atoms with van der Waals surface area (Å²) in [7, 11) is 1.59. The van der Waals surface area contributed by atoms with Crippen molar-refractivity contribution in [3.05, 3.63) is 59.4 Å². The molecule has 0 bridgehead atoms. The van der Waals surface area contributed by atoms with Gasteiger partial charge in [0.05, 0.1) is 18.8 Å². The Balaban J connectivity index is 1.71. The summed E-state index contributed by atoms with van der Waals surface area (Å²) in [6.07, 6.45) is 1.47. The number of ketones is 1. The number of rotatable bonds is 6. The van der Waals surface area contributed by atoms with Crippen molar-refractivity contribution in [1.82, 2.24) is 0 Å². The molecule has 6 nitrogen and oxygen atoms in total. The molecule has 27 heavy (non-hydrogen) atoms. The predicted octanol–water partition coefficient (Wildman–Crippen LogP) is 3.64. The first-order chi connectivity index (χ1) is 13.0. The summed E-state index contributed by atoms with van der Waals surface area (Å²) in [5.41, 5.74) is 1.27. The maximum atomic E-state index is 12.5. The molecule has 0 aromatic heterocycles. The fourth-order valence-corrected chi connectivity index (χ4v) is 2.55. The molecule has 0 amide bonds. The van der Waals surface area contributed by atoms with Crippen molar-refractivity contribution in [2.45, 2.75) is 20.0 Å². The van der Waals surface area contributed by atoms with E-state index in [1.165, 1.54) is 0 Å². The van der Waals surface area contributed by atoms with Crippen LogP contribution in [0.25, 0.3) is 6.08 Å². The monoisotopic (exact) mass is 368 g/mol. The number of ether oxygens (including phenoxy) is 4. The number of carbonyl (C=O) groups is 2. The van der Waals surface area contributed by atoms with E-state index in [0.29, 0.717) is 17.1 Å². The molecular formula is C21H20O6. The highest BCUT2D eigenvalue weighted by Gasteiger charge is 2.27. The number of carbonyl (C=O) groups excluding carboxylic acids is 2. The van der Waals surface area contributed by atoms with Gasteiger partial charge >= 0.3 is 5.97 Å². The number of benzene rings is 2. The van der Waals surface area contributed by atoms with Crippen LogP contribution in [0.5, 0.6) is 17.2 Å². The highest BCUT2D eigenvalue weighted by molar-refractivity contribution is 6.14. The minimum absolute atomic E-state index is 0.201. The Labute approximate surface area is 157 Å². The van der Waals surface area contributed by atoms with Crippen LogP contribution in [0, 0.1) is 0 Å². The molecule has 0 unspecified atom stereocenters. The van der Waals surface area contributed by atoms with Crippen LogP contribution >= 0.6 is 0 Å². The molecule has 2 aromatic carbocycles. The zero-order valence-corrected chi connectivity index (χ0v) is 15.4. The molecule has 0 radical (unpaired) electrons. The first-order valence-corrected chi connectivity index (χ1v) is 8.51. The lowest BCUT2D eigenvalue weighted by molar-refractivity contribution is -0.149. The Morgan fingerprint density at radius 1 is 1.11 bits per heavy atom. The highest BCUT2D eigenvalue weighted by Crippen LogP contribution is 2.35. The van der Waals surface area contributed by atoms with Gasteiger partial charge in [0.25, 0.3) is 0 Å². The Bertz CT molecular complexity index is 880. The van der Waals surface area contributed by atoms with E-state index in [0.717, 1.165) is 11.3 Å². The van der Waals surface area contributed by atoms with E-state index in [4.69, 9.17) is 18.9 Å². The molecule has 3 rings (SSSR count). The average molecular weight is 368 g/mol. The van der Waals surface area contributed by atoms with Crippen LogP contribution in [0.2, 0.25) is 0 Å². The highest BCUT2D eigenvalue weighted by atomic mass is 16.6. The first-order valence-electron chi connectivity index (χ1n) is 8.51. The Hall–Kier alpha value is -3.28. The van der Waals surface area contributed by atoms with E-state index in [1.807, 2.05) is 12.1 Å². The third kappa shape index (κ3) is 4.47. The van der Waals surface area contributed by atoms with Crippen molar-refractivity contribution in [2.75, 3.05) is 13.7 Å². The Morgan fingerprint density at radius 3 is 2.48 bits per heavy atom. The summed E-state index contributed by atoms with van der Waals surface area (Å²) >= 11 is 0. The van der Waals surface area contributed by atoms with Gasteiger partial charge in [0.2, 0.25) is 5.78 Å². The van der Waals surface area contributed by atoms with Gasteiger partial charge in [0.15, 0.2) is 12.4 Å². The van der Waals surface area contributed by atoms with Gasteiger partial charge in [0.1, 0.15) is 17.2 Å². The van der Waals surface area contributed by atoms with E-state index in [9.17, 15) is 9.59 Å². The first kappa shape index (κ1) is 18.5. The second kappa shape index (κ2) is 7.95. The normalized spacial score (nSPS) is 14.1. The van der Waals surface area contributed by atoms with E-state index in [-0.39, 0.29) is 24.3 Å². The standard InChI is InChI=1S/C21H20O6/c1-13(2)26-20(22)12-25-16-8-9-17-18(11-16)27-19(21(17)23)10-14-4-6-15(24-3)7-5-14/h4-11,13H,12H2,1-3H3/b19-10-. The van der Waals surface area contributed by atoms with Crippen molar-refractivity contribution >= 4 is 17.8 Å². The second-order valence-corrected chi connectivity index (χ2v) is 6.20. The van der Waals surface area contributed by atoms with Crippen LogP contribution in [-0.2, 0) is 9.53 Å². The van der Waals surface area contributed by atoms with Gasteiger partial charge in [-0.05, 0) is 49.8 Å². The summed E-state index contributed by atoms with van der Waals surface area (Å²) < 4.78 is 21.2. The van der Waals surface area contributed by atoms with Gasteiger partial charge in [-0.15, -0.1) is 0 Å². The van der Waals surface area contributed by atoms with Crippen molar-refractivity contribution < 1.29 is 28.5 Å². The number of fused-ring (bicyclic) bond motifs is 1. The van der Waals surface area contributed by atoms with Crippen LogP contribution in [-0.4, -0.2) is 31.6 Å². The summed E-state index contributed by atoms with van der Waals surface area (Å²) in [4.78, 5) is 24.1. The number of hydrogen-bond donors (Lipinski definition) is 0. The maximum absolute atomic E-state index is 12.5. The molecule has 1 aliphatic heterocycles. The zero-order chi connectivity index (χ0) is 19.4. The molecule has 6 heteroatoms. The number of methoxy groups -OCH3 is 1. The number of allylic oxidation sites excluding steroid dienone is 1. The number of hydrogen-bond acceptors (Lipinski definition) is 6. The third-order valence-electron chi connectivity index (χ3n) is 3.78. The second-order valence-electron chi connectivity index (χ2n) is 6.20. The van der Waals surface area contributed by atoms with Crippen LogP contribution in [0.4, 0.5) is 0 Å². The predicted molar refractivity (Wildman–Crippen MR) is 99.1 cm³/mol. The van der Waals surface area contributed by atoms with Crippen LogP contribution in [0.3, 0.4) is 0 Å². The molecular weight excluding hydrogens is 348 g/mol. The van der Waals surface area contributed by atoms with Gasteiger partial charge in [-0.1, -0.05) is 12.1 Å². The molecule has 0 saturated carbocycles. The third-order valence-corrected chi connectivity index (χ3v) is 3.78. The smallest absolute Gasteiger partial charge is 0.344 e. The largest absolute Gasteiger partial charge is 0.497 e. The molecule has 0 atom stereocenters. The minimum atomic E-state index is -0.456. The molecule has 0 aliphatic carbocycles. The van der Waals surface area contributed by atoms with Crippen LogP contribution < -0.4 is 14.2 Å². The Kier molecular flexibility index (Phi) is 5.45.